The van der Waals surface area contributed by atoms with Gasteiger partial charge in [0, 0.05) is 30.2 Å². The number of para-hydroxylation sites is 1. The zero-order valence-corrected chi connectivity index (χ0v) is 14.1. The van der Waals surface area contributed by atoms with Gasteiger partial charge in [0.1, 0.15) is 0 Å². The summed E-state index contributed by atoms with van der Waals surface area (Å²) in [5.74, 6) is -1.52. The monoisotopic (exact) mass is 363 g/mol. The normalized spacial score (nSPS) is 17.8. The number of hydrogen-bond donors (Lipinski definition) is 2. The van der Waals surface area contributed by atoms with E-state index in [1.807, 2.05) is 18.2 Å². The van der Waals surface area contributed by atoms with E-state index in [0.717, 1.165) is 16.5 Å². The average molecular weight is 363 g/mol. The van der Waals surface area contributed by atoms with Crippen LogP contribution >= 0.6 is 0 Å². The second-order valence-electron chi connectivity index (χ2n) is 6.39. The maximum Gasteiger partial charge on any atom is 0.392 e. The maximum absolute atomic E-state index is 12.8. The van der Waals surface area contributed by atoms with E-state index in [1.165, 1.54) is 6.20 Å². The Bertz CT molecular complexity index is 846. The molecule has 1 aromatic carbocycles. The molecule has 1 aromatic heterocycles. The van der Waals surface area contributed by atoms with Crippen molar-refractivity contribution in [2.45, 2.75) is 25.4 Å². The molecule has 0 saturated heterocycles. The van der Waals surface area contributed by atoms with E-state index >= 15 is 0 Å². The number of allylic oxidation sites excluding steroid dienone is 2. The van der Waals surface area contributed by atoms with E-state index in [9.17, 15) is 18.0 Å². The van der Waals surface area contributed by atoms with Crippen LogP contribution in [0.5, 0.6) is 0 Å². The molecule has 0 radical (unpaired) electrons. The minimum atomic E-state index is -4.15. The molecular formula is C19H20F3N3O. The van der Waals surface area contributed by atoms with Crippen LogP contribution in [0.4, 0.5) is 13.2 Å². The fourth-order valence-corrected chi connectivity index (χ4v) is 3.21. The van der Waals surface area contributed by atoms with Gasteiger partial charge in [0.2, 0.25) is 0 Å². The third kappa shape index (κ3) is 3.88. The first-order valence-corrected chi connectivity index (χ1v) is 8.53. The van der Waals surface area contributed by atoms with Crippen molar-refractivity contribution in [2.75, 3.05) is 13.1 Å². The lowest BCUT2D eigenvalue weighted by molar-refractivity contribution is -0.175. The van der Waals surface area contributed by atoms with Crippen LogP contribution in [0.15, 0.2) is 36.5 Å². The van der Waals surface area contributed by atoms with Gasteiger partial charge in [-0.25, -0.2) is 0 Å². The molecule has 0 aliphatic heterocycles. The van der Waals surface area contributed by atoms with E-state index in [-0.39, 0.29) is 18.7 Å². The highest BCUT2D eigenvalue weighted by molar-refractivity contribution is 5.99. The van der Waals surface area contributed by atoms with Gasteiger partial charge < -0.3 is 11.1 Å². The number of benzene rings is 1. The molecule has 1 aliphatic rings. The van der Waals surface area contributed by atoms with Gasteiger partial charge in [0.05, 0.1) is 17.0 Å². The first-order valence-electron chi connectivity index (χ1n) is 8.53. The Labute approximate surface area is 149 Å². The van der Waals surface area contributed by atoms with Crippen molar-refractivity contribution in [1.82, 2.24) is 10.3 Å². The van der Waals surface area contributed by atoms with E-state index in [2.05, 4.69) is 10.3 Å². The fraction of sp³-hybridized carbons (Fsp3) is 0.368. The Morgan fingerprint density at radius 1 is 1.35 bits per heavy atom. The van der Waals surface area contributed by atoms with Crippen molar-refractivity contribution in [3.8, 4) is 0 Å². The van der Waals surface area contributed by atoms with Crippen LogP contribution < -0.4 is 11.1 Å². The quantitative estimate of drug-likeness (QED) is 0.871. The third-order valence-electron chi connectivity index (χ3n) is 4.62. The standard InChI is InChI=1S/C19H20F3N3O/c20-19(21,22)15-6-4-12(5-7-15)16-3-1-2-13-10-14(11-25-17(13)16)18(26)24-9-8-23/h1-4,10-11,15H,5-9,23H2,(H,24,26). The van der Waals surface area contributed by atoms with Crippen molar-refractivity contribution in [2.24, 2.45) is 11.7 Å². The lowest BCUT2D eigenvalue weighted by atomic mass is 9.85. The Hall–Kier alpha value is -2.41. The number of rotatable bonds is 4. The van der Waals surface area contributed by atoms with Crippen LogP contribution in [0, 0.1) is 5.92 Å². The molecule has 7 heteroatoms. The summed E-state index contributed by atoms with van der Waals surface area (Å²) in [7, 11) is 0. The van der Waals surface area contributed by atoms with Gasteiger partial charge in [0.15, 0.2) is 0 Å². The number of carbonyl (C=O) groups excluding carboxylic acids is 1. The number of nitrogens with two attached hydrogens (primary N) is 1. The average Bonchev–Trinajstić information content (AvgIpc) is 2.64. The van der Waals surface area contributed by atoms with E-state index in [1.54, 1.807) is 12.1 Å². The van der Waals surface area contributed by atoms with Crippen LogP contribution in [-0.2, 0) is 0 Å². The Morgan fingerprint density at radius 2 is 2.15 bits per heavy atom. The van der Waals surface area contributed by atoms with Gasteiger partial charge in [-0.15, -0.1) is 0 Å². The molecule has 138 valence electrons. The van der Waals surface area contributed by atoms with Crippen molar-refractivity contribution in [3.63, 3.8) is 0 Å². The molecule has 2 aromatic rings. The lowest BCUT2D eigenvalue weighted by Crippen LogP contribution is -2.29. The van der Waals surface area contributed by atoms with Gasteiger partial charge >= 0.3 is 6.18 Å². The van der Waals surface area contributed by atoms with Gasteiger partial charge in [-0.3, -0.25) is 9.78 Å². The van der Waals surface area contributed by atoms with Gasteiger partial charge in [-0.1, -0.05) is 24.3 Å². The summed E-state index contributed by atoms with van der Waals surface area (Å²) < 4.78 is 38.5. The summed E-state index contributed by atoms with van der Waals surface area (Å²) in [6, 6.07) is 7.27. The predicted molar refractivity (Wildman–Crippen MR) is 94.5 cm³/mol. The fourth-order valence-electron chi connectivity index (χ4n) is 3.21. The second-order valence-corrected chi connectivity index (χ2v) is 6.39. The van der Waals surface area contributed by atoms with Crippen LogP contribution in [0.25, 0.3) is 16.5 Å². The number of aromatic nitrogens is 1. The summed E-state index contributed by atoms with van der Waals surface area (Å²) in [6.45, 7) is 0.730. The number of amides is 1. The third-order valence-corrected chi connectivity index (χ3v) is 4.62. The molecule has 1 heterocycles. The van der Waals surface area contributed by atoms with Crippen LogP contribution in [-0.4, -0.2) is 30.2 Å². The first kappa shape index (κ1) is 18.4. The summed E-state index contributed by atoms with van der Waals surface area (Å²) in [5.41, 5.74) is 8.21. The molecule has 0 fully saturated rings. The summed E-state index contributed by atoms with van der Waals surface area (Å²) in [5, 5.41) is 3.47. The smallest absolute Gasteiger partial charge is 0.351 e. The molecule has 1 atom stereocenters. The number of carbonyl (C=O) groups is 1. The predicted octanol–water partition coefficient (Wildman–Crippen LogP) is 3.67. The van der Waals surface area contributed by atoms with Crippen LogP contribution in [0.2, 0.25) is 0 Å². The highest BCUT2D eigenvalue weighted by Gasteiger charge is 2.39. The minimum absolute atomic E-state index is 0.00516. The van der Waals surface area contributed by atoms with Crippen molar-refractivity contribution in [3.05, 3.63) is 47.7 Å². The topological polar surface area (TPSA) is 68.0 Å². The largest absolute Gasteiger partial charge is 0.392 e. The van der Waals surface area contributed by atoms with Gasteiger partial charge in [-0.2, -0.15) is 13.2 Å². The molecular weight excluding hydrogens is 343 g/mol. The first-order chi connectivity index (χ1) is 12.4. The summed E-state index contributed by atoms with van der Waals surface area (Å²) in [6.07, 6.45) is -0.547. The number of pyridine rings is 1. The molecule has 3 N–H and O–H groups in total. The number of nitrogens with one attached hydrogen (secondary N) is 1. The molecule has 1 unspecified atom stereocenters. The van der Waals surface area contributed by atoms with Crippen molar-refractivity contribution < 1.29 is 18.0 Å². The molecule has 1 amide bonds. The van der Waals surface area contributed by atoms with Gasteiger partial charge in [-0.05, 0) is 30.9 Å². The molecule has 3 rings (SSSR count). The highest BCUT2D eigenvalue weighted by atomic mass is 19.4. The van der Waals surface area contributed by atoms with E-state index in [0.29, 0.717) is 30.6 Å². The lowest BCUT2D eigenvalue weighted by Gasteiger charge is -2.24. The molecule has 0 spiro atoms. The number of hydrogen-bond acceptors (Lipinski definition) is 3. The molecule has 26 heavy (non-hydrogen) atoms. The van der Waals surface area contributed by atoms with Crippen molar-refractivity contribution >= 4 is 22.4 Å². The van der Waals surface area contributed by atoms with Crippen LogP contribution in [0.3, 0.4) is 0 Å². The maximum atomic E-state index is 12.8. The SMILES string of the molecule is NCCNC(=O)c1cnc2c(C3=CCC(C(F)(F)F)CC3)cccc2c1. The van der Waals surface area contributed by atoms with Crippen molar-refractivity contribution in [1.29, 1.82) is 0 Å². The number of halogens is 3. The highest BCUT2D eigenvalue weighted by Crippen LogP contribution is 2.40. The van der Waals surface area contributed by atoms with E-state index in [4.69, 9.17) is 5.73 Å². The Morgan fingerprint density at radius 3 is 2.81 bits per heavy atom. The second kappa shape index (κ2) is 7.45. The number of fused-ring (bicyclic) bond motifs is 1. The summed E-state index contributed by atoms with van der Waals surface area (Å²) in [4.78, 5) is 16.4. The zero-order chi connectivity index (χ0) is 18.7. The Balaban J connectivity index is 1.89. The zero-order valence-electron chi connectivity index (χ0n) is 14.1. The molecule has 1 aliphatic carbocycles. The molecule has 4 nitrogen and oxygen atoms in total. The van der Waals surface area contributed by atoms with Gasteiger partial charge in [0.25, 0.3) is 5.91 Å². The van der Waals surface area contributed by atoms with Crippen LogP contribution in [0.1, 0.15) is 35.2 Å². The van der Waals surface area contributed by atoms with E-state index < -0.39 is 12.1 Å². The Kier molecular flexibility index (Phi) is 5.27. The molecule has 0 bridgehead atoms. The number of alkyl halides is 3. The minimum Gasteiger partial charge on any atom is -0.351 e. The number of nitrogens with zero attached hydrogens (tertiary/aromatic N) is 1. The molecule has 0 saturated carbocycles. The summed E-state index contributed by atoms with van der Waals surface area (Å²) >= 11 is 0.